The van der Waals surface area contributed by atoms with Crippen molar-refractivity contribution in [3.63, 3.8) is 0 Å². The maximum Gasteiger partial charge on any atom is 0.0543 e. The van der Waals surface area contributed by atoms with Crippen molar-refractivity contribution in [3.8, 4) is 0 Å². The van der Waals surface area contributed by atoms with Crippen molar-refractivity contribution in [1.82, 2.24) is 5.32 Å². The maximum atomic E-state index is 9.43. The van der Waals surface area contributed by atoms with Crippen LogP contribution in [0.15, 0.2) is 0 Å². The summed E-state index contributed by atoms with van der Waals surface area (Å²) in [7, 11) is 0. The molecule has 2 heteroatoms. The Labute approximate surface area is 68.0 Å². The summed E-state index contributed by atoms with van der Waals surface area (Å²) >= 11 is 0. The lowest BCUT2D eigenvalue weighted by molar-refractivity contribution is 0.0549. The Hall–Kier alpha value is -0.0800. The first-order valence-electron chi connectivity index (χ1n) is 4.75. The molecule has 0 spiro atoms. The van der Waals surface area contributed by atoms with Crippen LogP contribution in [0.2, 0.25) is 0 Å². The van der Waals surface area contributed by atoms with Gasteiger partial charge in [-0.15, -0.1) is 0 Å². The molecule has 64 valence electrons. The molecular formula is C9H17NO. The zero-order chi connectivity index (χ0) is 7.68. The Morgan fingerprint density at radius 1 is 1.09 bits per heavy atom. The van der Waals surface area contributed by atoms with Gasteiger partial charge in [0.2, 0.25) is 0 Å². The van der Waals surface area contributed by atoms with Gasteiger partial charge in [0.25, 0.3) is 0 Å². The summed E-state index contributed by atoms with van der Waals surface area (Å²) in [6.45, 7) is 2.35. The van der Waals surface area contributed by atoms with Crippen LogP contribution in [0.1, 0.15) is 25.7 Å². The molecule has 1 aliphatic carbocycles. The molecule has 1 heterocycles. The standard InChI is InChI=1S/C9H17NO/c11-9-2-1-8-6-10-4-3-7(8)5-9/h7-11H,1-6H2/t7-,8+,9+/m0/s1. The fourth-order valence-corrected chi connectivity index (χ4v) is 2.50. The van der Waals surface area contributed by atoms with Gasteiger partial charge in [0.1, 0.15) is 0 Å². The van der Waals surface area contributed by atoms with E-state index in [0.29, 0.717) is 0 Å². The maximum absolute atomic E-state index is 9.43. The first kappa shape index (κ1) is 7.56. The third-order valence-electron chi connectivity index (χ3n) is 3.21. The van der Waals surface area contributed by atoms with Crippen LogP contribution in [-0.2, 0) is 0 Å². The van der Waals surface area contributed by atoms with Crippen LogP contribution in [0.25, 0.3) is 0 Å². The van der Waals surface area contributed by atoms with Crippen molar-refractivity contribution in [2.75, 3.05) is 13.1 Å². The number of piperidine rings is 1. The summed E-state index contributed by atoms with van der Waals surface area (Å²) in [6.07, 6.45) is 4.62. The highest BCUT2D eigenvalue weighted by atomic mass is 16.3. The zero-order valence-electron chi connectivity index (χ0n) is 6.92. The molecule has 1 saturated heterocycles. The van der Waals surface area contributed by atoms with Crippen molar-refractivity contribution >= 4 is 0 Å². The molecule has 1 aliphatic heterocycles. The first-order chi connectivity index (χ1) is 5.36. The highest BCUT2D eigenvalue weighted by Crippen LogP contribution is 2.33. The number of aliphatic hydroxyl groups is 1. The molecule has 2 nitrogen and oxygen atoms in total. The smallest absolute Gasteiger partial charge is 0.0543 e. The van der Waals surface area contributed by atoms with Crippen LogP contribution in [0.4, 0.5) is 0 Å². The van der Waals surface area contributed by atoms with E-state index in [4.69, 9.17) is 0 Å². The van der Waals surface area contributed by atoms with Gasteiger partial charge in [0.15, 0.2) is 0 Å². The summed E-state index contributed by atoms with van der Waals surface area (Å²) in [4.78, 5) is 0. The number of rotatable bonds is 0. The Morgan fingerprint density at radius 3 is 2.91 bits per heavy atom. The van der Waals surface area contributed by atoms with Crippen molar-refractivity contribution in [2.45, 2.75) is 31.8 Å². The van der Waals surface area contributed by atoms with Crippen LogP contribution in [0, 0.1) is 11.8 Å². The van der Waals surface area contributed by atoms with Gasteiger partial charge < -0.3 is 10.4 Å². The lowest BCUT2D eigenvalue weighted by atomic mass is 9.74. The highest BCUT2D eigenvalue weighted by molar-refractivity contribution is 4.84. The van der Waals surface area contributed by atoms with Gasteiger partial charge >= 0.3 is 0 Å². The molecule has 0 aromatic carbocycles. The van der Waals surface area contributed by atoms with E-state index >= 15 is 0 Å². The first-order valence-corrected chi connectivity index (χ1v) is 4.75. The third kappa shape index (κ3) is 1.57. The third-order valence-corrected chi connectivity index (χ3v) is 3.21. The predicted molar refractivity (Wildman–Crippen MR) is 44.3 cm³/mol. The monoisotopic (exact) mass is 155 g/mol. The number of nitrogens with one attached hydrogen (secondary N) is 1. The van der Waals surface area contributed by atoms with Gasteiger partial charge in [0, 0.05) is 0 Å². The highest BCUT2D eigenvalue weighted by Gasteiger charge is 2.30. The Kier molecular flexibility index (Phi) is 2.14. The summed E-state index contributed by atoms with van der Waals surface area (Å²) < 4.78 is 0. The minimum absolute atomic E-state index is 0.00866. The minimum Gasteiger partial charge on any atom is -0.393 e. The molecule has 2 N–H and O–H groups in total. The van der Waals surface area contributed by atoms with E-state index in [1.165, 1.54) is 19.4 Å². The second-order valence-electron chi connectivity index (χ2n) is 3.98. The van der Waals surface area contributed by atoms with Gasteiger partial charge in [-0.05, 0) is 50.6 Å². The lowest BCUT2D eigenvalue weighted by Crippen LogP contribution is -2.41. The molecule has 0 aromatic heterocycles. The van der Waals surface area contributed by atoms with E-state index in [1.54, 1.807) is 0 Å². The second kappa shape index (κ2) is 3.11. The molecule has 0 bridgehead atoms. The van der Waals surface area contributed by atoms with Gasteiger partial charge in [-0.2, -0.15) is 0 Å². The SMILES string of the molecule is O[C@@H]1CC[C@@H]2CNCC[C@H]2C1. The molecule has 0 radical (unpaired) electrons. The Balaban J connectivity index is 1.93. The van der Waals surface area contributed by atoms with Crippen LogP contribution in [0.3, 0.4) is 0 Å². The van der Waals surface area contributed by atoms with Crippen molar-refractivity contribution in [3.05, 3.63) is 0 Å². The van der Waals surface area contributed by atoms with Crippen molar-refractivity contribution < 1.29 is 5.11 Å². The van der Waals surface area contributed by atoms with Crippen LogP contribution >= 0.6 is 0 Å². The fourth-order valence-electron chi connectivity index (χ4n) is 2.50. The van der Waals surface area contributed by atoms with Crippen LogP contribution in [0.5, 0.6) is 0 Å². The topological polar surface area (TPSA) is 32.3 Å². The molecule has 0 unspecified atom stereocenters. The predicted octanol–water partition coefficient (Wildman–Crippen LogP) is 0.757. The van der Waals surface area contributed by atoms with Gasteiger partial charge in [0.05, 0.1) is 6.10 Å². The van der Waals surface area contributed by atoms with E-state index < -0.39 is 0 Å². The Bertz CT molecular complexity index is 138. The fraction of sp³-hybridized carbons (Fsp3) is 1.00. The average molecular weight is 155 g/mol. The molecule has 2 aliphatic rings. The van der Waals surface area contributed by atoms with Crippen molar-refractivity contribution in [1.29, 1.82) is 0 Å². The normalized spacial score (nSPS) is 45.0. The molecular weight excluding hydrogens is 138 g/mol. The van der Waals surface area contributed by atoms with E-state index in [1.807, 2.05) is 0 Å². The lowest BCUT2D eigenvalue weighted by Gasteiger charge is -2.37. The van der Waals surface area contributed by atoms with Gasteiger partial charge in [-0.3, -0.25) is 0 Å². The molecule has 0 amide bonds. The molecule has 3 atom stereocenters. The summed E-state index contributed by atoms with van der Waals surface area (Å²) in [5, 5.41) is 12.8. The number of hydrogen-bond donors (Lipinski definition) is 2. The Morgan fingerprint density at radius 2 is 2.00 bits per heavy atom. The molecule has 2 fully saturated rings. The van der Waals surface area contributed by atoms with Gasteiger partial charge in [-0.25, -0.2) is 0 Å². The summed E-state index contributed by atoms with van der Waals surface area (Å²) in [6, 6.07) is 0. The number of aliphatic hydroxyl groups excluding tert-OH is 1. The minimum atomic E-state index is 0.00866. The second-order valence-corrected chi connectivity index (χ2v) is 3.98. The van der Waals surface area contributed by atoms with Crippen LogP contribution < -0.4 is 5.32 Å². The van der Waals surface area contributed by atoms with Gasteiger partial charge in [-0.1, -0.05) is 0 Å². The number of fused-ring (bicyclic) bond motifs is 1. The van der Waals surface area contributed by atoms with E-state index in [9.17, 15) is 5.11 Å². The molecule has 2 rings (SSSR count). The molecule has 1 saturated carbocycles. The van der Waals surface area contributed by atoms with E-state index in [0.717, 1.165) is 31.2 Å². The average Bonchev–Trinajstić information content (AvgIpc) is 2.04. The summed E-state index contributed by atoms with van der Waals surface area (Å²) in [5.41, 5.74) is 0. The quantitative estimate of drug-likeness (QED) is 0.541. The largest absolute Gasteiger partial charge is 0.393 e. The number of hydrogen-bond acceptors (Lipinski definition) is 2. The summed E-state index contributed by atoms with van der Waals surface area (Å²) in [5.74, 6) is 1.69. The molecule has 0 aromatic rings. The molecule has 11 heavy (non-hydrogen) atoms. The van der Waals surface area contributed by atoms with Crippen molar-refractivity contribution in [2.24, 2.45) is 11.8 Å². The van der Waals surface area contributed by atoms with E-state index in [2.05, 4.69) is 5.32 Å². The van der Waals surface area contributed by atoms with Crippen LogP contribution in [-0.4, -0.2) is 24.3 Å². The zero-order valence-corrected chi connectivity index (χ0v) is 6.92. The van der Waals surface area contributed by atoms with E-state index in [-0.39, 0.29) is 6.10 Å².